The van der Waals surface area contributed by atoms with Crippen molar-refractivity contribution in [2.24, 2.45) is 0 Å². The van der Waals surface area contributed by atoms with Crippen molar-refractivity contribution in [3.63, 3.8) is 0 Å². The second kappa shape index (κ2) is 6.43. The van der Waals surface area contributed by atoms with Crippen LogP contribution in [0.15, 0.2) is 12.1 Å². The van der Waals surface area contributed by atoms with Gasteiger partial charge in [-0.3, -0.25) is 0 Å². The van der Waals surface area contributed by atoms with Gasteiger partial charge in [0.05, 0.1) is 5.56 Å². The molecule has 2 rings (SSSR count). The van der Waals surface area contributed by atoms with E-state index in [-0.39, 0.29) is 5.92 Å². The van der Waals surface area contributed by atoms with Crippen LogP contribution in [0.2, 0.25) is 0 Å². The molecule has 21 heavy (non-hydrogen) atoms. The van der Waals surface area contributed by atoms with Gasteiger partial charge in [0.1, 0.15) is 5.82 Å². The maximum Gasteiger partial charge on any atom is 0.335 e. The van der Waals surface area contributed by atoms with E-state index in [0.717, 1.165) is 24.6 Å². The fourth-order valence-corrected chi connectivity index (χ4v) is 2.77. The van der Waals surface area contributed by atoms with Crippen LogP contribution in [-0.4, -0.2) is 54.2 Å². The molecule has 1 N–H and O–H groups in total. The summed E-state index contributed by atoms with van der Waals surface area (Å²) >= 11 is 0. The summed E-state index contributed by atoms with van der Waals surface area (Å²) in [4.78, 5) is 20.4. The quantitative estimate of drug-likeness (QED) is 0.903. The van der Waals surface area contributed by atoms with Gasteiger partial charge < -0.3 is 14.9 Å². The van der Waals surface area contributed by atoms with Gasteiger partial charge >= 0.3 is 5.97 Å². The van der Waals surface area contributed by atoms with Crippen molar-refractivity contribution in [3.8, 4) is 0 Å². The minimum atomic E-state index is -0.896. The fourth-order valence-electron chi connectivity index (χ4n) is 2.77. The van der Waals surface area contributed by atoms with Gasteiger partial charge in [0.2, 0.25) is 0 Å². The van der Waals surface area contributed by atoms with Gasteiger partial charge in [-0.1, -0.05) is 13.8 Å². The highest BCUT2D eigenvalue weighted by molar-refractivity contribution is 5.88. The van der Waals surface area contributed by atoms with Crippen molar-refractivity contribution in [3.05, 3.63) is 23.4 Å². The minimum Gasteiger partial charge on any atom is -0.478 e. The standard InChI is InChI=1S/C16H25N3O2/c1-11(2)14-8-12(16(20)21)9-15(17-14)19(4)10-13-6-5-7-18(13)3/h8-9,11,13H,5-7,10H2,1-4H3,(H,20,21). The number of likely N-dealkylation sites (tertiary alicyclic amines) is 1. The zero-order valence-corrected chi connectivity index (χ0v) is 13.3. The third kappa shape index (κ3) is 3.73. The Hall–Kier alpha value is -1.62. The molecule has 1 aromatic heterocycles. The van der Waals surface area contributed by atoms with E-state index in [9.17, 15) is 9.90 Å². The number of carboxylic acids is 1. The lowest BCUT2D eigenvalue weighted by molar-refractivity contribution is 0.0696. The number of rotatable bonds is 5. The van der Waals surface area contributed by atoms with Gasteiger partial charge in [-0.25, -0.2) is 9.78 Å². The summed E-state index contributed by atoms with van der Waals surface area (Å²) in [6.45, 7) is 6.08. The van der Waals surface area contributed by atoms with E-state index in [4.69, 9.17) is 0 Å². The normalized spacial score (nSPS) is 19.2. The molecular weight excluding hydrogens is 266 g/mol. The van der Waals surface area contributed by atoms with Crippen molar-refractivity contribution in [2.75, 3.05) is 32.1 Å². The van der Waals surface area contributed by atoms with Crippen molar-refractivity contribution in [1.82, 2.24) is 9.88 Å². The van der Waals surface area contributed by atoms with Gasteiger partial charge in [-0.15, -0.1) is 0 Å². The smallest absolute Gasteiger partial charge is 0.335 e. The van der Waals surface area contributed by atoms with Crippen molar-refractivity contribution in [1.29, 1.82) is 0 Å². The number of likely N-dealkylation sites (N-methyl/N-ethyl adjacent to an activating group) is 2. The average molecular weight is 291 g/mol. The molecule has 2 heterocycles. The third-order valence-electron chi connectivity index (χ3n) is 4.22. The fraction of sp³-hybridized carbons (Fsp3) is 0.625. The van der Waals surface area contributed by atoms with Crippen LogP contribution in [0.3, 0.4) is 0 Å². The van der Waals surface area contributed by atoms with Crippen LogP contribution in [0.1, 0.15) is 48.7 Å². The molecule has 0 aromatic carbocycles. The molecular formula is C16H25N3O2. The Bertz CT molecular complexity index is 516. The van der Waals surface area contributed by atoms with E-state index in [1.807, 2.05) is 20.9 Å². The summed E-state index contributed by atoms with van der Waals surface area (Å²) in [6, 6.07) is 3.86. The zero-order valence-electron chi connectivity index (χ0n) is 13.3. The summed E-state index contributed by atoms with van der Waals surface area (Å²) in [5.41, 5.74) is 1.15. The Kier molecular flexibility index (Phi) is 4.83. The molecule has 0 bridgehead atoms. The Labute approximate surface area is 126 Å². The van der Waals surface area contributed by atoms with Crippen LogP contribution in [0.5, 0.6) is 0 Å². The van der Waals surface area contributed by atoms with E-state index in [1.54, 1.807) is 12.1 Å². The molecule has 1 atom stereocenters. The number of nitrogens with zero attached hydrogens (tertiary/aromatic N) is 3. The number of aromatic carboxylic acids is 1. The lowest BCUT2D eigenvalue weighted by atomic mass is 10.1. The number of carbonyl (C=O) groups is 1. The lowest BCUT2D eigenvalue weighted by Gasteiger charge is -2.27. The largest absolute Gasteiger partial charge is 0.478 e. The molecule has 0 aliphatic carbocycles. The predicted molar refractivity (Wildman–Crippen MR) is 84.2 cm³/mol. The van der Waals surface area contributed by atoms with E-state index >= 15 is 0 Å². The molecule has 0 saturated carbocycles. The Morgan fingerprint density at radius 1 is 1.52 bits per heavy atom. The maximum atomic E-state index is 11.3. The van der Waals surface area contributed by atoms with Crippen LogP contribution in [0, 0.1) is 0 Å². The topological polar surface area (TPSA) is 56.7 Å². The summed E-state index contributed by atoms with van der Waals surface area (Å²) in [7, 11) is 4.14. The average Bonchev–Trinajstić information content (AvgIpc) is 2.83. The predicted octanol–water partition coefficient (Wildman–Crippen LogP) is 2.43. The molecule has 116 valence electrons. The highest BCUT2D eigenvalue weighted by Crippen LogP contribution is 2.22. The van der Waals surface area contributed by atoms with Crippen molar-refractivity contribution >= 4 is 11.8 Å². The Balaban J connectivity index is 2.22. The molecule has 1 unspecified atom stereocenters. The highest BCUT2D eigenvalue weighted by atomic mass is 16.4. The number of aromatic nitrogens is 1. The van der Waals surface area contributed by atoms with E-state index < -0.39 is 5.97 Å². The van der Waals surface area contributed by atoms with E-state index in [2.05, 4.69) is 21.8 Å². The molecule has 1 aliphatic heterocycles. The molecule has 1 aliphatic rings. The number of hydrogen-bond donors (Lipinski definition) is 1. The van der Waals surface area contributed by atoms with Crippen LogP contribution in [0.25, 0.3) is 0 Å². The molecule has 0 spiro atoms. The monoisotopic (exact) mass is 291 g/mol. The molecule has 1 fully saturated rings. The number of pyridine rings is 1. The van der Waals surface area contributed by atoms with E-state index in [1.165, 1.54) is 12.8 Å². The van der Waals surface area contributed by atoms with E-state index in [0.29, 0.717) is 11.6 Å². The van der Waals surface area contributed by atoms with Crippen LogP contribution >= 0.6 is 0 Å². The highest BCUT2D eigenvalue weighted by Gasteiger charge is 2.23. The number of anilines is 1. The summed E-state index contributed by atoms with van der Waals surface area (Å²) in [5, 5.41) is 9.27. The lowest BCUT2D eigenvalue weighted by Crippen LogP contribution is -2.37. The maximum absolute atomic E-state index is 11.3. The molecule has 5 nitrogen and oxygen atoms in total. The molecule has 0 amide bonds. The molecule has 0 radical (unpaired) electrons. The second-order valence-electron chi connectivity index (χ2n) is 6.26. The first-order valence-electron chi connectivity index (χ1n) is 7.55. The third-order valence-corrected chi connectivity index (χ3v) is 4.22. The minimum absolute atomic E-state index is 0.214. The van der Waals surface area contributed by atoms with Crippen molar-refractivity contribution in [2.45, 2.75) is 38.6 Å². The molecule has 1 aromatic rings. The molecule has 5 heteroatoms. The second-order valence-corrected chi connectivity index (χ2v) is 6.26. The van der Waals surface area contributed by atoms with Crippen LogP contribution in [-0.2, 0) is 0 Å². The zero-order chi connectivity index (χ0) is 15.6. The van der Waals surface area contributed by atoms with Gasteiger partial charge in [0.25, 0.3) is 0 Å². The SMILES string of the molecule is CC(C)c1cc(C(=O)O)cc(N(C)CC2CCCN2C)n1. The summed E-state index contributed by atoms with van der Waals surface area (Å²) in [5.74, 6) is 0.0661. The first-order valence-corrected chi connectivity index (χ1v) is 7.55. The Morgan fingerprint density at radius 3 is 2.76 bits per heavy atom. The summed E-state index contributed by atoms with van der Waals surface area (Å²) < 4.78 is 0. The van der Waals surface area contributed by atoms with Gasteiger partial charge in [-0.2, -0.15) is 0 Å². The van der Waals surface area contributed by atoms with Gasteiger partial charge in [0.15, 0.2) is 0 Å². The van der Waals surface area contributed by atoms with Crippen molar-refractivity contribution < 1.29 is 9.90 Å². The van der Waals surface area contributed by atoms with Crippen LogP contribution < -0.4 is 4.90 Å². The van der Waals surface area contributed by atoms with Gasteiger partial charge in [0, 0.05) is 25.3 Å². The van der Waals surface area contributed by atoms with Crippen LogP contribution in [0.4, 0.5) is 5.82 Å². The van der Waals surface area contributed by atoms with Gasteiger partial charge in [-0.05, 0) is 44.5 Å². The number of carboxylic acid groups (broad SMARTS) is 1. The first kappa shape index (κ1) is 15.8. The Morgan fingerprint density at radius 2 is 2.24 bits per heavy atom. The number of hydrogen-bond acceptors (Lipinski definition) is 4. The summed E-state index contributed by atoms with van der Waals surface area (Å²) in [6.07, 6.45) is 2.42. The molecule has 1 saturated heterocycles. The first-order chi connectivity index (χ1) is 9.88.